The van der Waals surface area contributed by atoms with Gasteiger partial charge in [-0.15, -0.1) is 11.8 Å². The van der Waals surface area contributed by atoms with Crippen molar-refractivity contribution in [2.45, 2.75) is 56.2 Å². The van der Waals surface area contributed by atoms with E-state index in [-0.39, 0.29) is 4.75 Å². The summed E-state index contributed by atoms with van der Waals surface area (Å²) >= 11 is 1.75. The SMILES string of the molecule is CSC1(C#N)CCN(C2CCC(C)CC2)CC1. The average molecular weight is 252 g/mol. The van der Waals surface area contributed by atoms with Crippen LogP contribution in [0.4, 0.5) is 0 Å². The van der Waals surface area contributed by atoms with Gasteiger partial charge in [-0.3, -0.25) is 0 Å². The van der Waals surface area contributed by atoms with E-state index < -0.39 is 0 Å². The van der Waals surface area contributed by atoms with Crippen LogP contribution in [0.2, 0.25) is 0 Å². The van der Waals surface area contributed by atoms with Gasteiger partial charge in [0.05, 0.1) is 6.07 Å². The van der Waals surface area contributed by atoms with Crippen LogP contribution in [-0.2, 0) is 0 Å². The first-order chi connectivity index (χ1) is 8.19. The van der Waals surface area contributed by atoms with Crippen molar-refractivity contribution in [3.8, 4) is 6.07 Å². The molecule has 2 aliphatic rings. The van der Waals surface area contributed by atoms with Gasteiger partial charge >= 0.3 is 0 Å². The molecule has 2 fully saturated rings. The van der Waals surface area contributed by atoms with Crippen molar-refractivity contribution in [3.63, 3.8) is 0 Å². The van der Waals surface area contributed by atoms with Crippen molar-refractivity contribution < 1.29 is 0 Å². The lowest BCUT2D eigenvalue weighted by atomic mass is 9.85. The summed E-state index contributed by atoms with van der Waals surface area (Å²) in [5.74, 6) is 0.931. The van der Waals surface area contributed by atoms with E-state index in [4.69, 9.17) is 0 Å². The van der Waals surface area contributed by atoms with Crippen LogP contribution in [0, 0.1) is 17.2 Å². The average Bonchev–Trinajstić information content (AvgIpc) is 2.40. The van der Waals surface area contributed by atoms with Gasteiger partial charge in [0, 0.05) is 19.1 Å². The fourth-order valence-corrected chi connectivity index (χ4v) is 3.90. The molecule has 0 N–H and O–H groups in total. The molecule has 3 heteroatoms. The molecule has 0 aromatic carbocycles. The van der Waals surface area contributed by atoms with E-state index >= 15 is 0 Å². The highest BCUT2D eigenvalue weighted by Gasteiger charge is 2.36. The van der Waals surface area contributed by atoms with Crippen LogP contribution in [0.1, 0.15) is 45.4 Å². The minimum Gasteiger partial charge on any atom is -0.300 e. The van der Waals surface area contributed by atoms with Crippen LogP contribution in [0.25, 0.3) is 0 Å². The predicted octanol–water partition coefficient (Wildman–Crippen LogP) is 3.29. The molecule has 0 radical (unpaired) electrons. The molecule has 0 unspecified atom stereocenters. The third kappa shape index (κ3) is 2.98. The molecule has 0 aromatic rings. The molecular formula is C14H24N2S. The summed E-state index contributed by atoms with van der Waals surface area (Å²) in [5, 5.41) is 9.28. The summed E-state index contributed by atoms with van der Waals surface area (Å²) in [7, 11) is 0. The van der Waals surface area contributed by atoms with E-state index in [0.717, 1.165) is 37.9 Å². The fraction of sp³-hybridized carbons (Fsp3) is 0.929. The van der Waals surface area contributed by atoms with Gasteiger partial charge in [0.1, 0.15) is 4.75 Å². The first-order valence-electron chi connectivity index (χ1n) is 6.89. The van der Waals surface area contributed by atoms with Gasteiger partial charge in [0.15, 0.2) is 0 Å². The van der Waals surface area contributed by atoms with Crippen LogP contribution in [0.5, 0.6) is 0 Å². The van der Waals surface area contributed by atoms with E-state index in [1.165, 1.54) is 25.7 Å². The molecule has 1 heterocycles. The van der Waals surface area contributed by atoms with Crippen LogP contribution in [-0.4, -0.2) is 35.0 Å². The zero-order valence-electron chi connectivity index (χ0n) is 11.1. The summed E-state index contributed by atoms with van der Waals surface area (Å²) in [4.78, 5) is 2.65. The van der Waals surface area contributed by atoms with Gasteiger partial charge in [-0.25, -0.2) is 0 Å². The molecule has 1 saturated carbocycles. The van der Waals surface area contributed by atoms with E-state index in [1.807, 2.05) is 0 Å². The summed E-state index contributed by atoms with van der Waals surface area (Å²) in [6.45, 7) is 4.64. The number of thioether (sulfide) groups is 1. The first kappa shape index (κ1) is 13.2. The van der Waals surface area contributed by atoms with Crippen LogP contribution >= 0.6 is 11.8 Å². The van der Waals surface area contributed by atoms with Gasteiger partial charge in [-0.1, -0.05) is 6.92 Å². The second-order valence-electron chi connectivity index (χ2n) is 5.76. The van der Waals surface area contributed by atoms with Gasteiger partial charge < -0.3 is 4.90 Å². The number of rotatable bonds is 2. The number of nitriles is 1. The van der Waals surface area contributed by atoms with Crippen LogP contribution in [0.3, 0.4) is 0 Å². The molecule has 0 amide bonds. The Hall–Kier alpha value is -0.200. The molecule has 2 rings (SSSR count). The van der Waals surface area contributed by atoms with Crippen molar-refractivity contribution in [2.24, 2.45) is 5.92 Å². The van der Waals surface area contributed by atoms with Gasteiger partial charge in [0.2, 0.25) is 0 Å². The van der Waals surface area contributed by atoms with E-state index in [1.54, 1.807) is 11.8 Å². The maximum Gasteiger partial charge on any atom is 0.104 e. The number of hydrogen-bond acceptors (Lipinski definition) is 3. The monoisotopic (exact) mass is 252 g/mol. The Labute approximate surface area is 110 Å². The maximum atomic E-state index is 9.28. The van der Waals surface area contributed by atoms with E-state index in [2.05, 4.69) is 24.1 Å². The van der Waals surface area contributed by atoms with Gasteiger partial charge in [0.25, 0.3) is 0 Å². The summed E-state index contributed by atoms with van der Waals surface area (Å²) in [6.07, 6.45) is 9.73. The number of hydrogen-bond donors (Lipinski definition) is 0. The van der Waals surface area contributed by atoms with Crippen molar-refractivity contribution in [1.82, 2.24) is 4.90 Å². The van der Waals surface area contributed by atoms with Crippen LogP contribution in [0.15, 0.2) is 0 Å². The molecule has 0 aromatic heterocycles. The molecule has 1 aliphatic heterocycles. The molecule has 2 nitrogen and oxygen atoms in total. The molecule has 1 aliphatic carbocycles. The third-order valence-electron chi connectivity index (χ3n) is 4.70. The highest BCUT2D eigenvalue weighted by molar-refractivity contribution is 8.00. The zero-order valence-corrected chi connectivity index (χ0v) is 11.9. The molecular weight excluding hydrogens is 228 g/mol. The second-order valence-corrected chi connectivity index (χ2v) is 6.95. The molecule has 0 atom stereocenters. The number of likely N-dealkylation sites (tertiary alicyclic amines) is 1. The van der Waals surface area contributed by atoms with Crippen molar-refractivity contribution in [1.29, 1.82) is 5.26 Å². The van der Waals surface area contributed by atoms with E-state index in [9.17, 15) is 5.26 Å². The maximum absolute atomic E-state index is 9.28. The van der Waals surface area contributed by atoms with Crippen LogP contribution < -0.4 is 0 Å². The predicted molar refractivity (Wildman–Crippen MR) is 74.1 cm³/mol. The Kier molecular flexibility index (Phi) is 4.38. The lowest BCUT2D eigenvalue weighted by Crippen LogP contribution is -2.47. The third-order valence-corrected chi connectivity index (χ3v) is 5.98. The Morgan fingerprint density at radius 2 is 1.76 bits per heavy atom. The topological polar surface area (TPSA) is 27.0 Å². The quantitative estimate of drug-likeness (QED) is 0.754. The molecule has 17 heavy (non-hydrogen) atoms. The van der Waals surface area contributed by atoms with Crippen molar-refractivity contribution >= 4 is 11.8 Å². The highest BCUT2D eigenvalue weighted by atomic mass is 32.2. The Morgan fingerprint density at radius 1 is 1.18 bits per heavy atom. The smallest absolute Gasteiger partial charge is 0.104 e. The largest absolute Gasteiger partial charge is 0.300 e. The molecule has 1 saturated heterocycles. The van der Waals surface area contributed by atoms with E-state index in [0.29, 0.717) is 0 Å². The minimum atomic E-state index is -0.0849. The standard InChI is InChI=1S/C14H24N2S/c1-12-3-5-13(6-4-12)16-9-7-14(11-15,17-2)8-10-16/h12-13H,3-10H2,1-2H3. The zero-order chi connectivity index (χ0) is 12.3. The van der Waals surface area contributed by atoms with Crippen molar-refractivity contribution in [3.05, 3.63) is 0 Å². The Balaban J connectivity index is 1.85. The summed E-state index contributed by atoms with van der Waals surface area (Å²) in [5.41, 5.74) is 0. The number of nitrogens with zero attached hydrogens (tertiary/aromatic N) is 2. The molecule has 0 spiro atoms. The normalized spacial score (nSPS) is 34.2. The van der Waals surface area contributed by atoms with Gasteiger partial charge in [-0.2, -0.15) is 5.26 Å². The molecule has 96 valence electrons. The Morgan fingerprint density at radius 3 is 2.24 bits per heavy atom. The summed E-state index contributed by atoms with van der Waals surface area (Å²) < 4.78 is -0.0849. The first-order valence-corrected chi connectivity index (χ1v) is 8.12. The molecule has 0 bridgehead atoms. The fourth-order valence-electron chi connectivity index (χ4n) is 3.22. The Bertz CT molecular complexity index is 281. The summed E-state index contributed by atoms with van der Waals surface area (Å²) in [6, 6.07) is 3.34. The lowest BCUT2D eigenvalue weighted by molar-refractivity contribution is 0.112. The minimum absolute atomic E-state index is 0.0849. The van der Waals surface area contributed by atoms with Gasteiger partial charge in [-0.05, 0) is 50.7 Å². The van der Waals surface area contributed by atoms with Crippen molar-refractivity contribution in [2.75, 3.05) is 19.3 Å². The lowest BCUT2D eigenvalue weighted by Gasteiger charge is -2.42. The second kappa shape index (κ2) is 5.63. The number of piperidine rings is 1. The highest BCUT2D eigenvalue weighted by Crippen LogP contribution is 2.36.